The van der Waals surface area contributed by atoms with Crippen LogP contribution in [-0.4, -0.2) is 5.91 Å². The van der Waals surface area contributed by atoms with Gasteiger partial charge < -0.3 is 11.1 Å². The molecule has 18 heavy (non-hydrogen) atoms. The van der Waals surface area contributed by atoms with E-state index in [1.807, 2.05) is 42.5 Å². The van der Waals surface area contributed by atoms with E-state index < -0.39 is 0 Å². The summed E-state index contributed by atoms with van der Waals surface area (Å²) in [6, 6.07) is 15.0. The van der Waals surface area contributed by atoms with Crippen molar-refractivity contribution in [1.82, 2.24) is 5.32 Å². The highest BCUT2D eigenvalue weighted by Gasteiger charge is 2.06. The van der Waals surface area contributed by atoms with E-state index in [4.69, 9.17) is 5.73 Å². The summed E-state index contributed by atoms with van der Waals surface area (Å²) in [5.74, 6) is -0.0863. The Hall–Kier alpha value is -1.56. The zero-order valence-corrected chi connectivity index (χ0v) is 11.8. The fraction of sp³-hybridized carbons (Fsp3) is 0.0714. The minimum absolute atomic E-state index is 0.0863. The molecule has 0 aromatic heterocycles. The van der Waals surface area contributed by atoms with Gasteiger partial charge in [0, 0.05) is 21.4 Å². The number of carbonyl (C=O) groups excluding carboxylic acids is 1. The van der Waals surface area contributed by atoms with E-state index in [1.54, 1.807) is 6.07 Å². The van der Waals surface area contributed by atoms with Crippen molar-refractivity contribution in [3.8, 4) is 0 Å². The van der Waals surface area contributed by atoms with Crippen LogP contribution in [0.15, 0.2) is 48.5 Å². The second-order valence-corrected chi connectivity index (χ2v) is 5.14. The van der Waals surface area contributed by atoms with E-state index in [9.17, 15) is 4.79 Å². The molecule has 0 saturated heterocycles. The first-order valence-corrected chi connectivity index (χ1v) is 6.62. The highest BCUT2D eigenvalue weighted by atomic mass is 127. The van der Waals surface area contributed by atoms with Gasteiger partial charge in [-0.15, -0.1) is 0 Å². The standard InChI is InChI=1S/C14H13IN2O/c15-12-6-3-5-10(8-12)14(18)17-9-11-4-1-2-7-13(11)16/h1-8H,9,16H2,(H,17,18). The number of para-hydroxylation sites is 1. The Morgan fingerprint density at radius 2 is 1.94 bits per heavy atom. The topological polar surface area (TPSA) is 55.1 Å². The fourth-order valence-electron chi connectivity index (χ4n) is 1.60. The third kappa shape index (κ3) is 3.22. The molecule has 0 spiro atoms. The molecule has 0 bridgehead atoms. The number of nitrogens with two attached hydrogens (primary N) is 1. The molecule has 1 amide bonds. The highest BCUT2D eigenvalue weighted by Crippen LogP contribution is 2.11. The van der Waals surface area contributed by atoms with Gasteiger partial charge in [-0.25, -0.2) is 0 Å². The number of nitrogen functional groups attached to an aromatic ring is 1. The molecule has 3 nitrogen and oxygen atoms in total. The molecule has 0 aliphatic carbocycles. The molecule has 0 fully saturated rings. The predicted molar refractivity (Wildman–Crippen MR) is 81.2 cm³/mol. The number of carbonyl (C=O) groups is 1. The molecule has 0 heterocycles. The van der Waals surface area contributed by atoms with Gasteiger partial charge in [0.25, 0.3) is 5.91 Å². The van der Waals surface area contributed by atoms with Crippen LogP contribution in [0.5, 0.6) is 0 Å². The first-order valence-electron chi connectivity index (χ1n) is 5.54. The average Bonchev–Trinajstić information content (AvgIpc) is 2.37. The second kappa shape index (κ2) is 5.86. The number of nitrogens with one attached hydrogen (secondary N) is 1. The summed E-state index contributed by atoms with van der Waals surface area (Å²) in [6.07, 6.45) is 0. The van der Waals surface area contributed by atoms with Gasteiger partial charge in [0.1, 0.15) is 0 Å². The van der Waals surface area contributed by atoms with Crippen LogP contribution in [0.1, 0.15) is 15.9 Å². The van der Waals surface area contributed by atoms with Gasteiger partial charge in [0.05, 0.1) is 0 Å². The van der Waals surface area contributed by atoms with Crippen LogP contribution >= 0.6 is 22.6 Å². The number of amides is 1. The van der Waals surface area contributed by atoms with Crippen LogP contribution in [0.3, 0.4) is 0 Å². The third-order valence-electron chi connectivity index (χ3n) is 2.58. The largest absolute Gasteiger partial charge is 0.398 e. The summed E-state index contributed by atoms with van der Waals surface area (Å²) in [4.78, 5) is 11.9. The van der Waals surface area contributed by atoms with E-state index in [2.05, 4.69) is 27.9 Å². The Morgan fingerprint density at radius 1 is 1.17 bits per heavy atom. The number of benzene rings is 2. The molecule has 2 rings (SSSR count). The normalized spacial score (nSPS) is 10.1. The summed E-state index contributed by atoms with van der Waals surface area (Å²) in [5, 5.41) is 2.86. The number of halogens is 1. The highest BCUT2D eigenvalue weighted by molar-refractivity contribution is 14.1. The smallest absolute Gasteiger partial charge is 0.251 e. The van der Waals surface area contributed by atoms with Crippen LogP contribution in [0.25, 0.3) is 0 Å². The SMILES string of the molecule is Nc1ccccc1CNC(=O)c1cccc(I)c1. The molecule has 2 aromatic rings. The van der Waals surface area contributed by atoms with Crippen molar-refractivity contribution in [2.24, 2.45) is 0 Å². The summed E-state index contributed by atoms with van der Waals surface area (Å²) >= 11 is 2.18. The maximum atomic E-state index is 11.9. The van der Waals surface area contributed by atoms with Gasteiger partial charge in [-0.05, 0) is 52.4 Å². The van der Waals surface area contributed by atoms with E-state index in [0.717, 1.165) is 9.13 Å². The number of hydrogen-bond donors (Lipinski definition) is 2. The number of hydrogen-bond acceptors (Lipinski definition) is 2. The average molecular weight is 352 g/mol. The van der Waals surface area contributed by atoms with Crippen molar-refractivity contribution in [3.05, 3.63) is 63.2 Å². The zero-order valence-electron chi connectivity index (χ0n) is 9.69. The van der Waals surface area contributed by atoms with E-state index >= 15 is 0 Å². The molecule has 4 heteroatoms. The zero-order chi connectivity index (χ0) is 13.0. The second-order valence-electron chi connectivity index (χ2n) is 3.89. The molecule has 0 unspecified atom stereocenters. The maximum absolute atomic E-state index is 11.9. The maximum Gasteiger partial charge on any atom is 0.251 e. The Balaban J connectivity index is 2.03. The minimum Gasteiger partial charge on any atom is -0.398 e. The van der Waals surface area contributed by atoms with Crippen LogP contribution in [0.2, 0.25) is 0 Å². The van der Waals surface area contributed by atoms with Gasteiger partial charge in [0.2, 0.25) is 0 Å². The van der Waals surface area contributed by atoms with Crippen molar-refractivity contribution < 1.29 is 4.79 Å². The molecule has 92 valence electrons. The van der Waals surface area contributed by atoms with Crippen molar-refractivity contribution in [2.45, 2.75) is 6.54 Å². The lowest BCUT2D eigenvalue weighted by molar-refractivity contribution is 0.0951. The summed E-state index contributed by atoms with van der Waals surface area (Å²) < 4.78 is 1.04. The first kappa shape index (κ1) is 12.9. The lowest BCUT2D eigenvalue weighted by Gasteiger charge is -2.07. The van der Waals surface area contributed by atoms with Crippen LogP contribution in [0, 0.1) is 3.57 Å². The Labute approximate surface area is 120 Å². The molecule has 3 N–H and O–H groups in total. The third-order valence-corrected chi connectivity index (χ3v) is 3.25. The lowest BCUT2D eigenvalue weighted by Crippen LogP contribution is -2.23. The van der Waals surface area contributed by atoms with Gasteiger partial charge in [-0.3, -0.25) is 4.79 Å². The van der Waals surface area contributed by atoms with Gasteiger partial charge in [-0.2, -0.15) is 0 Å². The molecule has 0 aliphatic rings. The Morgan fingerprint density at radius 3 is 2.67 bits per heavy atom. The fourth-order valence-corrected chi connectivity index (χ4v) is 2.15. The minimum atomic E-state index is -0.0863. The molecular weight excluding hydrogens is 339 g/mol. The van der Waals surface area contributed by atoms with Crippen molar-refractivity contribution in [2.75, 3.05) is 5.73 Å². The van der Waals surface area contributed by atoms with Crippen molar-refractivity contribution in [3.63, 3.8) is 0 Å². The van der Waals surface area contributed by atoms with E-state index in [-0.39, 0.29) is 5.91 Å². The number of anilines is 1. The van der Waals surface area contributed by atoms with Crippen LogP contribution in [0.4, 0.5) is 5.69 Å². The van der Waals surface area contributed by atoms with Crippen LogP contribution in [-0.2, 0) is 6.54 Å². The Bertz CT molecular complexity index is 569. The van der Waals surface area contributed by atoms with Crippen LogP contribution < -0.4 is 11.1 Å². The van der Waals surface area contributed by atoms with Gasteiger partial charge in [0.15, 0.2) is 0 Å². The lowest BCUT2D eigenvalue weighted by atomic mass is 10.1. The molecular formula is C14H13IN2O. The molecule has 0 saturated carbocycles. The summed E-state index contributed by atoms with van der Waals surface area (Å²) in [5.41, 5.74) is 8.10. The molecule has 2 aromatic carbocycles. The summed E-state index contributed by atoms with van der Waals surface area (Å²) in [7, 11) is 0. The molecule has 0 aliphatic heterocycles. The van der Waals surface area contributed by atoms with Gasteiger partial charge >= 0.3 is 0 Å². The Kier molecular flexibility index (Phi) is 4.19. The quantitative estimate of drug-likeness (QED) is 0.659. The van der Waals surface area contributed by atoms with E-state index in [1.165, 1.54) is 0 Å². The van der Waals surface area contributed by atoms with E-state index in [0.29, 0.717) is 17.8 Å². The van der Waals surface area contributed by atoms with Crippen molar-refractivity contribution in [1.29, 1.82) is 0 Å². The first-order chi connectivity index (χ1) is 8.66. The molecule has 0 atom stereocenters. The number of rotatable bonds is 3. The van der Waals surface area contributed by atoms with Gasteiger partial charge in [-0.1, -0.05) is 24.3 Å². The predicted octanol–water partition coefficient (Wildman–Crippen LogP) is 2.80. The monoisotopic (exact) mass is 352 g/mol. The molecule has 0 radical (unpaired) electrons. The summed E-state index contributed by atoms with van der Waals surface area (Å²) in [6.45, 7) is 0.441. The van der Waals surface area contributed by atoms with Crippen molar-refractivity contribution >= 4 is 34.2 Å².